The van der Waals surface area contributed by atoms with Crippen molar-refractivity contribution in [3.8, 4) is 5.75 Å². The van der Waals surface area contributed by atoms with Crippen LogP contribution in [0.1, 0.15) is 15.9 Å². The van der Waals surface area contributed by atoms with E-state index < -0.39 is 11.9 Å². The Morgan fingerprint density at radius 3 is 2.84 bits per heavy atom. The number of primary amides is 1. The molecule has 6 nitrogen and oxygen atoms in total. The molecular formula is C13H17N3O3. The number of phenolic OH excluding ortho intramolecular Hbond substituents is 1. The zero-order valence-electron chi connectivity index (χ0n) is 10.7. The molecule has 1 aliphatic heterocycles. The summed E-state index contributed by atoms with van der Waals surface area (Å²) in [6.07, 6.45) is 0. The van der Waals surface area contributed by atoms with E-state index >= 15 is 0 Å². The van der Waals surface area contributed by atoms with E-state index in [4.69, 9.17) is 5.73 Å². The Hall–Kier alpha value is -2.08. The molecule has 0 aliphatic carbocycles. The Balaban J connectivity index is 2.26. The number of amides is 2. The van der Waals surface area contributed by atoms with Gasteiger partial charge in [-0.2, -0.15) is 0 Å². The average Bonchev–Trinajstić information content (AvgIpc) is 2.41. The highest BCUT2D eigenvalue weighted by Gasteiger charge is 2.31. The Morgan fingerprint density at radius 1 is 1.47 bits per heavy atom. The van der Waals surface area contributed by atoms with E-state index in [0.717, 1.165) is 0 Å². The van der Waals surface area contributed by atoms with Crippen LogP contribution in [0.4, 0.5) is 0 Å². The molecule has 1 heterocycles. The van der Waals surface area contributed by atoms with Crippen LogP contribution in [-0.2, 0) is 4.79 Å². The molecule has 1 unspecified atom stereocenters. The first-order valence-electron chi connectivity index (χ1n) is 6.11. The number of nitrogens with two attached hydrogens (primary N) is 1. The van der Waals surface area contributed by atoms with Crippen LogP contribution < -0.4 is 11.1 Å². The fraction of sp³-hybridized carbons (Fsp3) is 0.385. The van der Waals surface area contributed by atoms with Crippen molar-refractivity contribution in [1.29, 1.82) is 0 Å². The van der Waals surface area contributed by atoms with Gasteiger partial charge in [0.05, 0.1) is 0 Å². The van der Waals surface area contributed by atoms with E-state index in [1.54, 1.807) is 19.1 Å². The fourth-order valence-electron chi connectivity index (χ4n) is 2.11. The number of aryl methyl sites for hydroxylation is 1. The van der Waals surface area contributed by atoms with Crippen LogP contribution in [0.5, 0.6) is 5.75 Å². The standard InChI is InChI=1S/C13H17N3O3/c1-8-2-3-9(6-11(8)17)13(19)16-5-4-15-7-10(16)12(14)18/h2-3,6,10,15,17H,4-5,7H2,1H3,(H2,14,18). The van der Waals surface area contributed by atoms with Gasteiger partial charge in [0.25, 0.3) is 5.91 Å². The minimum absolute atomic E-state index is 0.0663. The van der Waals surface area contributed by atoms with Crippen molar-refractivity contribution in [3.05, 3.63) is 29.3 Å². The van der Waals surface area contributed by atoms with Gasteiger partial charge in [0.15, 0.2) is 0 Å². The van der Waals surface area contributed by atoms with Gasteiger partial charge in [0.1, 0.15) is 11.8 Å². The lowest BCUT2D eigenvalue weighted by atomic mass is 10.1. The van der Waals surface area contributed by atoms with Gasteiger partial charge in [0.2, 0.25) is 5.91 Å². The van der Waals surface area contributed by atoms with Crippen molar-refractivity contribution in [2.24, 2.45) is 5.73 Å². The largest absolute Gasteiger partial charge is 0.508 e. The first-order valence-corrected chi connectivity index (χ1v) is 6.11. The second kappa shape index (κ2) is 5.27. The van der Waals surface area contributed by atoms with E-state index in [0.29, 0.717) is 30.8 Å². The second-order valence-electron chi connectivity index (χ2n) is 4.62. The van der Waals surface area contributed by atoms with Crippen molar-refractivity contribution in [2.45, 2.75) is 13.0 Å². The number of carbonyl (C=O) groups excluding carboxylic acids is 2. The van der Waals surface area contributed by atoms with Crippen molar-refractivity contribution < 1.29 is 14.7 Å². The second-order valence-corrected chi connectivity index (χ2v) is 4.62. The molecule has 2 amide bonds. The first kappa shape index (κ1) is 13.4. The van der Waals surface area contributed by atoms with Crippen molar-refractivity contribution in [3.63, 3.8) is 0 Å². The van der Waals surface area contributed by atoms with Gasteiger partial charge in [-0.3, -0.25) is 9.59 Å². The number of piperazine rings is 1. The molecule has 1 atom stereocenters. The lowest BCUT2D eigenvalue weighted by molar-refractivity contribution is -0.122. The van der Waals surface area contributed by atoms with E-state index in [1.807, 2.05) is 0 Å². The predicted molar refractivity (Wildman–Crippen MR) is 69.7 cm³/mol. The number of phenols is 1. The SMILES string of the molecule is Cc1ccc(C(=O)N2CCNCC2C(N)=O)cc1O. The summed E-state index contributed by atoms with van der Waals surface area (Å²) >= 11 is 0. The van der Waals surface area contributed by atoms with Crippen LogP contribution in [0.2, 0.25) is 0 Å². The topological polar surface area (TPSA) is 95.7 Å². The summed E-state index contributed by atoms with van der Waals surface area (Å²) < 4.78 is 0. The number of carbonyl (C=O) groups is 2. The molecular weight excluding hydrogens is 246 g/mol. The van der Waals surface area contributed by atoms with Gasteiger partial charge in [-0.25, -0.2) is 0 Å². The summed E-state index contributed by atoms with van der Waals surface area (Å²) in [7, 11) is 0. The summed E-state index contributed by atoms with van der Waals surface area (Å²) in [5.74, 6) is -0.755. The fourth-order valence-corrected chi connectivity index (χ4v) is 2.11. The molecule has 0 aromatic heterocycles. The molecule has 1 aliphatic rings. The molecule has 0 saturated carbocycles. The number of hydrogen-bond acceptors (Lipinski definition) is 4. The molecule has 102 valence electrons. The highest BCUT2D eigenvalue weighted by molar-refractivity contribution is 5.98. The summed E-state index contributed by atoms with van der Waals surface area (Å²) in [4.78, 5) is 25.2. The van der Waals surface area contributed by atoms with Gasteiger partial charge in [-0.15, -0.1) is 0 Å². The summed E-state index contributed by atoms with van der Waals surface area (Å²) in [6, 6.07) is 4.07. The highest BCUT2D eigenvalue weighted by atomic mass is 16.3. The van der Waals surface area contributed by atoms with Gasteiger partial charge in [0, 0.05) is 25.2 Å². The Bertz CT molecular complexity index is 516. The quantitative estimate of drug-likeness (QED) is 0.676. The molecule has 1 fully saturated rings. The van der Waals surface area contributed by atoms with Crippen LogP contribution >= 0.6 is 0 Å². The first-order chi connectivity index (χ1) is 9.00. The normalized spacial score (nSPS) is 19.2. The number of nitrogens with zero attached hydrogens (tertiary/aromatic N) is 1. The van der Waals surface area contributed by atoms with Crippen molar-refractivity contribution >= 4 is 11.8 Å². The monoisotopic (exact) mass is 263 g/mol. The third-order valence-corrected chi connectivity index (χ3v) is 3.29. The van der Waals surface area contributed by atoms with Crippen LogP contribution in [0.15, 0.2) is 18.2 Å². The van der Waals surface area contributed by atoms with E-state index in [-0.39, 0.29) is 11.7 Å². The molecule has 19 heavy (non-hydrogen) atoms. The maximum absolute atomic E-state index is 12.4. The lowest BCUT2D eigenvalue weighted by Crippen LogP contribution is -2.58. The van der Waals surface area contributed by atoms with Gasteiger partial charge in [-0.05, 0) is 24.6 Å². The summed E-state index contributed by atoms with van der Waals surface area (Å²) in [5, 5.41) is 12.7. The molecule has 0 radical (unpaired) electrons. The number of rotatable bonds is 2. The average molecular weight is 263 g/mol. The Labute approximate surface area is 111 Å². The van der Waals surface area contributed by atoms with Crippen LogP contribution in [0, 0.1) is 6.92 Å². The van der Waals surface area contributed by atoms with Crippen LogP contribution in [-0.4, -0.2) is 47.5 Å². The van der Waals surface area contributed by atoms with Crippen molar-refractivity contribution in [2.75, 3.05) is 19.6 Å². The zero-order valence-corrected chi connectivity index (χ0v) is 10.7. The minimum atomic E-state index is -0.648. The zero-order chi connectivity index (χ0) is 14.0. The third kappa shape index (κ3) is 2.68. The molecule has 1 saturated heterocycles. The molecule has 1 aromatic rings. The molecule has 0 bridgehead atoms. The van der Waals surface area contributed by atoms with Gasteiger partial charge >= 0.3 is 0 Å². The molecule has 1 aromatic carbocycles. The van der Waals surface area contributed by atoms with Gasteiger partial charge in [-0.1, -0.05) is 6.07 Å². The number of aromatic hydroxyl groups is 1. The lowest BCUT2D eigenvalue weighted by Gasteiger charge is -2.34. The van der Waals surface area contributed by atoms with Crippen LogP contribution in [0.3, 0.4) is 0 Å². The summed E-state index contributed by atoms with van der Waals surface area (Å²) in [6.45, 7) is 3.15. The number of benzene rings is 1. The van der Waals surface area contributed by atoms with Crippen LogP contribution in [0.25, 0.3) is 0 Å². The van der Waals surface area contributed by atoms with Crippen molar-refractivity contribution in [1.82, 2.24) is 10.2 Å². The van der Waals surface area contributed by atoms with E-state index in [1.165, 1.54) is 11.0 Å². The smallest absolute Gasteiger partial charge is 0.254 e. The predicted octanol–water partition coefficient (Wildman–Crippen LogP) is -0.400. The molecule has 4 N–H and O–H groups in total. The summed E-state index contributed by atoms with van der Waals surface area (Å²) in [5.41, 5.74) is 6.36. The maximum atomic E-state index is 12.4. The van der Waals surface area contributed by atoms with E-state index in [2.05, 4.69) is 5.32 Å². The highest BCUT2D eigenvalue weighted by Crippen LogP contribution is 2.19. The molecule has 2 rings (SSSR count). The maximum Gasteiger partial charge on any atom is 0.254 e. The number of nitrogens with one attached hydrogen (secondary N) is 1. The third-order valence-electron chi connectivity index (χ3n) is 3.29. The minimum Gasteiger partial charge on any atom is -0.508 e. The Morgan fingerprint density at radius 2 is 2.21 bits per heavy atom. The van der Waals surface area contributed by atoms with E-state index in [9.17, 15) is 14.7 Å². The Kier molecular flexibility index (Phi) is 3.71. The van der Waals surface area contributed by atoms with Gasteiger partial charge < -0.3 is 21.1 Å². The number of hydrogen-bond donors (Lipinski definition) is 3. The molecule has 0 spiro atoms. The molecule has 6 heteroatoms.